The van der Waals surface area contributed by atoms with Crippen molar-refractivity contribution >= 4 is 58.9 Å². The Morgan fingerprint density at radius 3 is 2.51 bits per heavy atom. The Morgan fingerprint density at radius 1 is 0.985 bits per heavy atom. The smallest absolute Gasteiger partial charge is 0.349 e. The summed E-state index contributed by atoms with van der Waals surface area (Å²) in [5, 5.41) is 38.6. The molecule has 0 aliphatic heterocycles. The van der Waals surface area contributed by atoms with E-state index in [9.17, 15) is 19.8 Å². The van der Waals surface area contributed by atoms with E-state index < -0.39 is 19.9 Å². The number of H-pyrrole nitrogens is 1. The van der Waals surface area contributed by atoms with Gasteiger partial charge < -0.3 is 34.6 Å². The number of aryl methyl sites for hydroxylation is 2. The van der Waals surface area contributed by atoms with Crippen molar-refractivity contribution < 1.29 is 24.2 Å². The number of nitrogens with one attached hydrogen (secondary N) is 2. The number of esters is 1. The zero-order chi connectivity index (χ0) is 47.8. The van der Waals surface area contributed by atoms with E-state index in [4.69, 9.17) is 19.5 Å². The number of fused-ring (bicyclic) bond motifs is 4. The Labute approximate surface area is 407 Å². The monoisotopic (exact) mass is 972 g/mol. The largest absolute Gasteiger partial charge is 0.506 e. The van der Waals surface area contributed by atoms with Crippen molar-refractivity contribution in [1.29, 1.82) is 0 Å². The molecule has 2 aliphatic rings. The number of hydrogen-bond acceptors (Lipinski definition) is 12. The Bertz CT molecular complexity index is 2940. The van der Waals surface area contributed by atoms with Gasteiger partial charge in [0.25, 0.3) is 0 Å². The fourth-order valence-electron chi connectivity index (χ4n) is 9.87. The van der Waals surface area contributed by atoms with Crippen LogP contribution >= 0.6 is 22.7 Å². The Balaban J connectivity index is 0.811. The third-order valence-corrected chi connectivity index (χ3v) is 21.4. The molecule has 0 saturated heterocycles. The van der Waals surface area contributed by atoms with E-state index in [0.717, 1.165) is 96.9 Å². The number of aromatic nitrogens is 4. The van der Waals surface area contributed by atoms with Crippen molar-refractivity contribution in [2.45, 2.75) is 127 Å². The van der Waals surface area contributed by atoms with Gasteiger partial charge in [-0.2, -0.15) is 0 Å². The molecule has 2 atom stereocenters. The number of aromatic hydroxyl groups is 1. The summed E-state index contributed by atoms with van der Waals surface area (Å²) in [7, 11) is -0.0407. The van der Waals surface area contributed by atoms with Crippen LogP contribution < -0.4 is 10.9 Å². The first-order valence-electron chi connectivity index (χ1n) is 24.0. The quantitative estimate of drug-likeness (QED) is 0.0512. The molecule has 0 spiro atoms. The highest BCUT2D eigenvalue weighted by atomic mass is 32.1. The fourth-order valence-corrected chi connectivity index (χ4v) is 13.1. The van der Waals surface area contributed by atoms with E-state index >= 15 is 0 Å². The summed E-state index contributed by atoms with van der Waals surface area (Å²) in [5.41, 5.74) is 6.34. The number of thiophene rings is 2. The summed E-state index contributed by atoms with van der Waals surface area (Å²) < 4.78 is 15.3. The van der Waals surface area contributed by atoms with Gasteiger partial charge in [0, 0.05) is 42.0 Å². The molecule has 358 valence electrons. The van der Waals surface area contributed by atoms with Gasteiger partial charge in [-0.15, -0.1) is 27.8 Å². The maximum Gasteiger partial charge on any atom is 0.349 e. The molecule has 15 heteroatoms. The van der Waals surface area contributed by atoms with Gasteiger partial charge >= 0.3 is 5.97 Å². The van der Waals surface area contributed by atoms with E-state index in [2.05, 4.69) is 66.9 Å². The number of pyridine rings is 1. The lowest BCUT2D eigenvalue weighted by atomic mass is 9.91. The van der Waals surface area contributed by atoms with E-state index in [0.29, 0.717) is 34.4 Å². The fraction of sp³-hybridized carbons (Fsp3) is 0.434. The lowest BCUT2D eigenvalue weighted by molar-refractivity contribution is -0.169. The molecule has 0 amide bonds. The lowest BCUT2D eigenvalue weighted by Gasteiger charge is -2.39. The number of phenolic OH excluding ortho intramolecular Hbond substituents is 1. The van der Waals surface area contributed by atoms with Crippen LogP contribution in [0.3, 0.4) is 0 Å². The Kier molecular flexibility index (Phi) is 14.0. The number of rotatable bonds is 17. The number of nitrogens with zero attached hydrogens (tertiary/aromatic N) is 4. The van der Waals surface area contributed by atoms with Crippen LogP contribution in [0.15, 0.2) is 95.1 Å². The molecular weight excluding hydrogens is 909 g/mol. The van der Waals surface area contributed by atoms with Crippen LogP contribution in [0.5, 0.6) is 5.75 Å². The summed E-state index contributed by atoms with van der Waals surface area (Å²) in [6, 6.07) is 26.9. The van der Waals surface area contributed by atoms with Crippen molar-refractivity contribution in [3.63, 3.8) is 0 Å². The maximum absolute atomic E-state index is 14.0. The van der Waals surface area contributed by atoms with Crippen LogP contribution in [0.4, 0.5) is 0 Å². The standard InChI is InChI=1S/C53H64N6O6S2Si/c1-52(2,3)68(5,6)65-44(39-22-24-43(60)49-40(39)23-27-48(61)55-49)33-54-32-35-31-42-50(41-16-10-15-38(35)41)59(57-56-42)29-12-28-58(4)36-18-20-37(21-19-36)64-51(62)53(63,46-17-11-30-66-46)47-26-25-45(67-47)34-13-8-7-9-14-34/h7-9,11,13-14,17,22-27,30-31,36-37,44,54,60,63H,10,12,15-16,18-21,28-29,32-33H2,1-6H3,(H,55,61)/t36?,37?,44?,53-/m0/s1. The predicted octanol–water partition coefficient (Wildman–Crippen LogP) is 10.2. The molecule has 1 unspecified atom stereocenters. The van der Waals surface area contributed by atoms with Gasteiger partial charge in [0.1, 0.15) is 17.4 Å². The van der Waals surface area contributed by atoms with Crippen LogP contribution in [0.1, 0.15) is 97.4 Å². The van der Waals surface area contributed by atoms with Gasteiger partial charge in [-0.1, -0.05) is 68.4 Å². The number of carbonyl (C=O) groups excluding carboxylic acids is 1. The Morgan fingerprint density at radius 2 is 1.76 bits per heavy atom. The number of aromatic amines is 1. The van der Waals surface area contributed by atoms with Crippen LogP contribution in [-0.2, 0) is 45.5 Å². The minimum absolute atomic E-state index is 0.0163. The number of hydrogen-bond donors (Lipinski definition) is 4. The molecule has 0 radical (unpaired) electrons. The molecule has 4 heterocycles. The zero-order valence-electron chi connectivity index (χ0n) is 40.0. The second kappa shape index (κ2) is 19.8. The van der Waals surface area contributed by atoms with Crippen LogP contribution in [0, 0.1) is 0 Å². The summed E-state index contributed by atoms with van der Waals surface area (Å²) in [6.45, 7) is 14.1. The molecule has 3 aromatic carbocycles. The van der Waals surface area contributed by atoms with Gasteiger partial charge in [-0.3, -0.25) is 4.79 Å². The molecule has 12 nitrogen and oxygen atoms in total. The first-order chi connectivity index (χ1) is 32.6. The minimum Gasteiger partial charge on any atom is -0.506 e. The van der Waals surface area contributed by atoms with Crippen LogP contribution in [0.2, 0.25) is 18.1 Å². The number of benzene rings is 3. The molecule has 68 heavy (non-hydrogen) atoms. The van der Waals surface area contributed by atoms with E-state index in [1.54, 1.807) is 12.1 Å². The first kappa shape index (κ1) is 48.0. The molecule has 4 N–H and O–H groups in total. The highest BCUT2D eigenvalue weighted by Crippen LogP contribution is 2.43. The first-order valence-corrected chi connectivity index (χ1v) is 28.6. The van der Waals surface area contributed by atoms with Crippen molar-refractivity contribution in [1.82, 2.24) is 30.2 Å². The molecule has 7 aromatic rings. The summed E-state index contributed by atoms with van der Waals surface area (Å²) in [5.74, 6) is -0.563. The van der Waals surface area contributed by atoms with Gasteiger partial charge in [0.15, 0.2) is 8.32 Å². The van der Waals surface area contributed by atoms with Gasteiger partial charge in [-0.25, -0.2) is 9.48 Å². The number of phenols is 1. The van der Waals surface area contributed by atoms with E-state index in [1.165, 1.54) is 45.4 Å². The third kappa shape index (κ3) is 9.76. The molecule has 0 bridgehead atoms. The van der Waals surface area contributed by atoms with Crippen molar-refractivity contribution in [2.75, 3.05) is 20.1 Å². The lowest BCUT2D eigenvalue weighted by Crippen LogP contribution is -2.43. The molecule has 9 rings (SSSR count). The SMILES string of the molecule is CN(CCCn1nnc2cc(CNCC(O[Si](C)(C)C(C)(C)C)c3ccc(O)c4[nH]c(=O)ccc34)c3c(c21)CCC3)C1CCC(OC(=O)[C@](O)(c2cccs2)c2ccc(-c3ccccc3)s2)CC1. The average Bonchev–Trinajstić information content (AvgIpc) is 4.17. The highest BCUT2D eigenvalue weighted by Gasteiger charge is 2.46. The Hall–Kier alpha value is -5.00. The van der Waals surface area contributed by atoms with Gasteiger partial charge in [0.05, 0.1) is 26.9 Å². The topological polar surface area (TPSA) is 155 Å². The van der Waals surface area contributed by atoms with Crippen molar-refractivity contribution in [3.05, 3.63) is 133 Å². The van der Waals surface area contributed by atoms with Crippen molar-refractivity contribution in [2.24, 2.45) is 0 Å². The minimum atomic E-state index is -2.23. The summed E-state index contributed by atoms with van der Waals surface area (Å²) in [6.07, 6.45) is 6.81. The molecule has 4 aromatic heterocycles. The van der Waals surface area contributed by atoms with E-state index in [1.807, 2.05) is 66.0 Å². The number of aliphatic hydroxyl groups is 1. The second-order valence-electron chi connectivity index (χ2n) is 20.2. The highest BCUT2D eigenvalue weighted by molar-refractivity contribution is 7.16. The summed E-state index contributed by atoms with van der Waals surface area (Å²) in [4.78, 5) is 33.6. The third-order valence-electron chi connectivity index (χ3n) is 14.7. The zero-order valence-corrected chi connectivity index (χ0v) is 42.6. The van der Waals surface area contributed by atoms with Crippen LogP contribution in [-0.4, -0.2) is 81.7 Å². The van der Waals surface area contributed by atoms with E-state index in [-0.39, 0.29) is 28.6 Å². The molecular formula is C53H64N6O6S2Si. The van der Waals surface area contributed by atoms with Crippen LogP contribution in [0.25, 0.3) is 32.4 Å². The number of ether oxygens (including phenoxy) is 1. The van der Waals surface area contributed by atoms with Gasteiger partial charge in [-0.05, 0) is 153 Å². The van der Waals surface area contributed by atoms with Gasteiger partial charge in [0.2, 0.25) is 11.2 Å². The number of carbonyl (C=O) groups is 1. The summed E-state index contributed by atoms with van der Waals surface area (Å²) >= 11 is 2.79. The molecule has 1 fully saturated rings. The molecule has 2 aliphatic carbocycles. The predicted molar refractivity (Wildman–Crippen MR) is 275 cm³/mol. The van der Waals surface area contributed by atoms with Crippen molar-refractivity contribution in [3.8, 4) is 16.2 Å². The average molecular weight is 973 g/mol. The molecule has 1 saturated carbocycles. The normalized spacial score (nSPS) is 18.0. The second-order valence-corrected chi connectivity index (χ2v) is 27.0. The maximum atomic E-state index is 14.0.